The van der Waals surface area contributed by atoms with Gasteiger partial charge in [-0.1, -0.05) is 6.07 Å². The van der Waals surface area contributed by atoms with Crippen LogP contribution in [0.5, 0.6) is 5.75 Å². The van der Waals surface area contributed by atoms with Gasteiger partial charge in [0.1, 0.15) is 5.75 Å². The van der Waals surface area contributed by atoms with Crippen molar-refractivity contribution in [3.63, 3.8) is 0 Å². The number of benzene rings is 1. The van der Waals surface area contributed by atoms with Crippen molar-refractivity contribution < 1.29 is 4.74 Å². The van der Waals surface area contributed by atoms with E-state index in [1.54, 1.807) is 7.11 Å². The number of rotatable bonds is 5. The fourth-order valence-corrected chi connectivity index (χ4v) is 3.74. The third kappa shape index (κ3) is 2.95. The number of methoxy groups -OCH3 is 1. The van der Waals surface area contributed by atoms with Gasteiger partial charge in [0.25, 0.3) is 0 Å². The quantitative estimate of drug-likeness (QED) is 0.901. The van der Waals surface area contributed by atoms with Gasteiger partial charge in [0.15, 0.2) is 0 Å². The maximum absolute atomic E-state index is 5.36. The van der Waals surface area contributed by atoms with Gasteiger partial charge in [0.2, 0.25) is 0 Å². The molecule has 0 aromatic heterocycles. The number of hydrogen-bond acceptors (Lipinski definition) is 3. The van der Waals surface area contributed by atoms with Crippen LogP contribution in [0.2, 0.25) is 0 Å². The Bertz CT molecular complexity index is 494. The van der Waals surface area contributed by atoms with Crippen molar-refractivity contribution in [3.05, 3.63) is 29.3 Å². The van der Waals surface area contributed by atoms with Crippen molar-refractivity contribution in [1.29, 1.82) is 0 Å². The molecule has 3 nitrogen and oxygen atoms in total. The second kappa shape index (κ2) is 5.98. The first-order chi connectivity index (χ1) is 10.1. The fourth-order valence-electron chi connectivity index (χ4n) is 3.74. The molecule has 1 aromatic rings. The number of nitrogens with zero attached hydrogens (tertiary/aromatic N) is 1. The Morgan fingerprint density at radius 1 is 1.29 bits per heavy atom. The lowest BCUT2D eigenvalue weighted by Gasteiger charge is -2.48. The Labute approximate surface area is 128 Å². The van der Waals surface area contributed by atoms with E-state index < -0.39 is 0 Å². The maximum atomic E-state index is 5.36. The van der Waals surface area contributed by atoms with Crippen LogP contribution in [0.4, 0.5) is 0 Å². The molecule has 3 rings (SSSR count). The molecule has 3 heteroatoms. The van der Waals surface area contributed by atoms with Crippen LogP contribution in [-0.2, 0) is 12.8 Å². The molecule has 2 aliphatic carbocycles. The van der Waals surface area contributed by atoms with Crippen LogP contribution >= 0.6 is 0 Å². The predicted octanol–water partition coefficient (Wildman–Crippen LogP) is 2.63. The van der Waals surface area contributed by atoms with Crippen molar-refractivity contribution >= 4 is 0 Å². The highest BCUT2D eigenvalue weighted by atomic mass is 16.5. The van der Waals surface area contributed by atoms with E-state index in [0.29, 0.717) is 11.6 Å². The lowest BCUT2D eigenvalue weighted by molar-refractivity contribution is 0.0565. The molecule has 0 spiro atoms. The van der Waals surface area contributed by atoms with E-state index in [1.165, 1.54) is 43.2 Å². The molecular weight excluding hydrogens is 260 g/mol. The third-order valence-corrected chi connectivity index (χ3v) is 5.59. The zero-order valence-electron chi connectivity index (χ0n) is 13.6. The van der Waals surface area contributed by atoms with E-state index in [0.717, 1.165) is 18.7 Å². The molecule has 0 saturated heterocycles. The molecule has 1 saturated carbocycles. The Kier molecular flexibility index (Phi) is 4.23. The van der Waals surface area contributed by atoms with Crippen LogP contribution in [0.1, 0.15) is 36.8 Å². The monoisotopic (exact) mass is 288 g/mol. The molecule has 0 heterocycles. The zero-order valence-corrected chi connectivity index (χ0v) is 13.6. The number of hydrogen-bond donors (Lipinski definition) is 1. The summed E-state index contributed by atoms with van der Waals surface area (Å²) >= 11 is 0. The zero-order chi connectivity index (χ0) is 14.9. The highest BCUT2D eigenvalue weighted by Gasteiger charge is 2.39. The summed E-state index contributed by atoms with van der Waals surface area (Å²) in [6.45, 7) is 1.13. The summed E-state index contributed by atoms with van der Waals surface area (Å²) in [5, 5.41) is 3.84. The summed E-state index contributed by atoms with van der Waals surface area (Å²) in [7, 11) is 6.20. The third-order valence-electron chi connectivity index (χ3n) is 5.59. The number of likely N-dealkylation sites (N-methyl/N-ethyl adjacent to an activating group) is 1. The van der Waals surface area contributed by atoms with Crippen molar-refractivity contribution in [2.75, 3.05) is 27.7 Å². The highest BCUT2D eigenvalue weighted by molar-refractivity contribution is 5.37. The molecule has 1 aromatic carbocycles. The molecule has 1 unspecified atom stereocenters. The van der Waals surface area contributed by atoms with Crippen LogP contribution in [0.25, 0.3) is 0 Å². The number of ether oxygens (including phenoxy) is 1. The van der Waals surface area contributed by atoms with Gasteiger partial charge in [0, 0.05) is 18.1 Å². The molecule has 0 aliphatic heterocycles. The van der Waals surface area contributed by atoms with Crippen LogP contribution in [-0.4, -0.2) is 44.2 Å². The summed E-state index contributed by atoms with van der Waals surface area (Å²) in [6, 6.07) is 7.15. The summed E-state index contributed by atoms with van der Waals surface area (Å²) in [6.07, 6.45) is 7.63. The number of nitrogens with one attached hydrogen (secondary N) is 1. The molecule has 116 valence electrons. The highest BCUT2D eigenvalue weighted by Crippen LogP contribution is 2.36. The topological polar surface area (TPSA) is 24.5 Å². The van der Waals surface area contributed by atoms with E-state index in [9.17, 15) is 0 Å². The second-order valence-electron chi connectivity index (χ2n) is 6.93. The number of aryl methyl sites for hydroxylation is 1. The van der Waals surface area contributed by atoms with E-state index in [1.807, 2.05) is 0 Å². The normalized spacial score (nSPS) is 23.5. The van der Waals surface area contributed by atoms with E-state index >= 15 is 0 Å². The summed E-state index contributed by atoms with van der Waals surface area (Å²) in [5.74, 6) is 0.984. The molecule has 2 aliphatic rings. The average Bonchev–Trinajstić information content (AvgIpc) is 2.45. The molecule has 1 fully saturated rings. The van der Waals surface area contributed by atoms with E-state index in [4.69, 9.17) is 4.74 Å². The van der Waals surface area contributed by atoms with Gasteiger partial charge in [0.05, 0.1) is 7.11 Å². The summed E-state index contributed by atoms with van der Waals surface area (Å²) in [4.78, 5) is 2.42. The summed E-state index contributed by atoms with van der Waals surface area (Å²) < 4.78 is 5.36. The molecular formula is C18H28N2O. The first-order valence-electron chi connectivity index (χ1n) is 8.19. The van der Waals surface area contributed by atoms with Crippen LogP contribution in [0.3, 0.4) is 0 Å². The minimum Gasteiger partial charge on any atom is -0.497 e. The van der Waals surface area contributed by atoms with Gasteiger partial charge in [-0.25, -0.2) is 0 Å². The lowest BCUT2D eigenvalue weighted by Crippen LogP contribution is -2.58. The van der Waals surface area contributed by atoms with Crippen molar-refractivity contribution in [1.82, 2.24) is 10.2 Å². The standard InChI is InChI=1S/C18H28N2O/c1-20(2)18(9-4-10-18)13-19-16-7-5-14-6-8-17(21-3)12-15(14)11-16/h6,8,12,16,19H,4-5,7,9-11,13H2,1-3H3. The SMILES string of the molecule is COc1ccc2c(c1)CC(NCC1(N(C)C)CCC1)CC2. The van der Waals surface area contributed by atoms with Crippen LogP contribution < -0.4 is 10.1 Å². The van der Waals surface area contributed by atoms with Crippen molar-refractivity contribution in [2.24, 2.45) is 0 Å². The van der Waals surface area contributed by atoms with Gasteiger partial charge < -0.3 is 15.0 Å². The molecule has 1 N–H and O–H groups in total. The van der Waals surface area contributed by atoms with Crippen molar-refractivity contribution in [3.8, 4) is 5.75 Å². The van der Waals surface area contributed by atoms with Gasteiger partial charge in [-0.05, 0) is 75.9 Å². The fraction of sp³-hybridized carbons (Fsp3) is 0.667. The Morgan fingerprint density at radius 3 is 2.71 bits per heavy atom. The predicted molar refractivity (Wildman–Crippen MR) is 87.1 cm³/mol. The summed E-state index contributed by atoms with van der Waals surface area (Å²) in [5.41, 5.74) is 3.37. The molecule has 0 bridgehead atoms. The lowest BCUT2D eigenvalue weighted by atomic mass is 9.75. The van der Waals surface area contributed by atoms with Crippen LogP contribution in [0.15, 0.2) is 18.2 Å². The minimum absolute atomic E-state index is 0.411. The average molecular weight is 288 g/mol. The maximum Gasteiger partial charge on any atom is 0.119 e. The Balaban J connectivity index is 1.61. The van der Waals surface area contributed by atoms with Gasteiger partial charge >= 0.3 is 0 Å². The van der Waals surface area contributed by atoms with E-state index in [2.05, 4.69) is 42.5 Å². The minimum atomic E-state index is 0.411. The number of fused-ring (bicyclic) bond motifs is 1. The van der Waals surface area contributed by atoms with E-state index in [-0.39, 0.29) is 0 Å². The smallest absolute Gasteiger partial charge is 0.119 e. The van der Waals surface area contributed by atoms with Crippen molar-refractivity contribution in [2.45, 2.75) is 50.1 Å². The largest absolute Gasteiger partial charge is 0.497 e. The molecule has 21 heavy (non-hydrogen) atoms. The Hall–Kier alpha value is -1.06. The van der Waals surface area contributed by atoms with Gasteiger partial charge in [-0.3, -0.25) is 0 Å². The first kappa shape index (κ1) is 14.9. The molecule has 0 amide bonds. The van der Waals surface area contributed by atoms with Gasteiger partial charge in [-0.15, -0.1) is 0 Å². The van der Waals surface area contributed by atoms with Crippen LogP contribution in [0, 0.1) is 0 Å². The van der Waals surface area contributed by atoms with Gasteiger partial charge in [-0.2, -0.15) is 0 Å². The Morgan fingerprint density at radius 2 is 2.10 bits per heavy atom. The molecule has 1 atom stereocenters. The molecule has 0 radical (unpaired) electrons. The second-order valence-corrected chi connectivity index (χ2v) is 6.93. The first-order valence-corrected chi connectivity index (χ1v) is 8.19.